The van der Waals surface area contributed by atoms with E-state index in [1.807, 2.05) is 20.8 Å². The van der Waals surface area contributed by atoms with Crippen LogP contribution in [-0.2, 0) is 29.0 Å². The SMILES string of the molecule is CC(C)(C)c1ccc(C(=O)Nc2ccc(-c3cccc(C(F)(F)F)c3)cc2C(=O)NC(Cc2ccc(-c3cccc(C(F)(F)F)c3)cc2)C(=O)O)cc1. The van der Waals surface area contributed by atoms with E-state index in [1.165, 1.54) is 66.7 Å². The second-order valence-corrected chi connectivity index (χ2v) is 13.5. The van der Waals surface area contributed by atoms with Crippen LogP contribution in [0.5, 0.6) is 0 Å². The third kappa shape index (κ3) is 9.50. The minimum absolute atomic E-state index is 0.0160. The fourth-order valence-electron chi connectivity index (χ4n) is 5.59. The molecule has 0 spiro atoms. The Morgan fingerprint density at radius 1 is 0.604 bits per heavy atom. The average Bonchev–Trinajstić information content (AvgIpc) is 3.10. The number of amides is 2. The minimum atomic E-state index is -4.63. The summed E-state index contributed by atoms with van der Waals surface area (Å²) in [7, 11) is 0. The molecule has 274 valence electrons. The zero-order valence-corrected chi connectivity index (χ0v) is 28.7. The van der Waals surface area contributed by atoms with E-state index in [4.69, 9.17) is 0 Å². The summed E-state index contributed by atoms with van der Waals surface area (Å²) in [6.45, 7) is 6.04. The molecular formula is C41H34F6N2O4. The molecule has 1 atom stereocenters. The first kappa shape index (κ1) is 38.3. The second-order valence-electron chi connectivity index (χ2n) is 13.5. The Kier molecular flexibility index (Phi) is 10.8. The zero-order valence-electron chi connectivity index (χ0n) is 28.7. The smallest absolute Gasteiger partial charge is 0.416 e. The molecule has 0 radical (unpaired) electrons. The number of benzene rings is 5. The summed E-state index contributed by atoms with van der Waals surface area (Å²) in [5.41, 5.74) is 0.636. The summed E-state index contributed by atoms with van der Waals surface area (Å²) in [5, 5.41) is 15.2. The lowest BCUT2D eigenvalue weighted by atomic mass is 9.86. The van der Waals surface area contributed by atoms with Gasteiger partial charge in [0, 0.05) is 12.0 Å². The molecule has 0 saturated heterocycles. The predicted octanol–water partition coefficient (Wildman–Crippen LogP) is 10.0. The molecule has 12 heteroatoms. The van der Waals surface area contributed by atoms with Crippen molar-refractivity contribution >= 4 is 23.5 Å². The van der Waals surface area contributed by atoms with Gasteiger partial charge in [-0.2, -0.15) is 26.3 Å². The van der Waals surface area contributed by atoms with E-state index in [9.17, 15) is 45.8 Å². The highest BCUT2D eigenvalue weighted by Crippen LogP contribution is 2.34. The number of rotatable bonds is 9. The Hall–Kier alpha value is -5.91. The van der Waals surface area contributed by atoms with Gasteiger partial charge in [-0.3, -0.25) is 9.59 Å². The van der Waals surface area contributed by atoms with Gasteiger partial charge in [0.15, 0.2) is 0 Å². The van der Waals surface area contributed by atoms with Gasteiger partial charge in [0.25, 0.3) is 11.8 Å². The minimum Gasteiger partial charge on any atom is -0.480 e. The number of anilines is 1. The lowest BCUT2D eigenvalue weighted by Gasteiger charge is -2.19. The molecule has 0 aliphatic rings. The van der Waals surface area contributed by atoms with E-state index in [0.717, 1.165) is 29.8 Å². The number of alkyl halides is 6. The van der Waals surface area contributed by atoms with Crippen LogP contribution in [0.3, 0.4) is 0 Å². The number of carbonyl (C=O) groups is 3. The highest BCUT2D eigenvalue weighted by molar-refractivity contribution is 6.10. The summed E-state index contributed by atoms with van der Waals surface area (Å²) in [6.07, 6.45) is -9.39. The first-order chi connectivity index (χ1) is 24.8. The maximum atomic E-state index is 13.8. The van der Waals surface area contributed by atoms with Gasteiger partial charge in [-0.15, -0.1) is 0 Å². The molecule has 0 aliphatic heterocycles. The van der Waals surface area contributed by atoms with Gasteiger partial charge in [-0.25, -0.2) is 4.79 Å². The predicted molar refractivity (Wildman–Crippen MR) is 189 cm³/mol. The number of hydrogen-bond donors (Lipinski definition) is 3. The van der Waals surface area contributed by atoms with Crippen molar-refractivity contribution in [2.75, 3.05) is 5.32 Å². The van der Waals surface area contributed by atoms with Gasteiger partial charge < -0.3 is 15.7 Å². The molecule has 53 heavy (non-hydrogen) atoms. The number of nitrogens with one attached hydrogen (secondary N) is 2. The van der Waals surface area contributed by atoms with Gasteiger partial charge in [0.2, 0.25) is 0 Å². The molecule has 5 rings (SSSR count). The molecule has 0 aromatic heterocycles. The number of carboxylic acids is 1. The van der Waals surface area contributed by atoms with Crippen LogP contribution in [0.25, 0.3) is 22.3 Å². The molecule has 0 bridgehead atoms. The molecule has 5 aromatic rings. The van der Waals surface area contributed by atoms with Crippen molar-refractivity contribution in [1.29, 1.82) is 0 Å². The summed E-state index contributed by atoms with van der Waals surface area (Å²) < 4.78 is 80.2. The first-order valence-electron chi connectivity index (χ1n) is 16.3. The van der Waals surface area contributed by atoms with Crippen LogP contribution in [0.1, 0.15) is 63.7 Å². The first-order valence-corrected chi connectivity index (χ1v) is 16.3. The lowest BCUT2D eigenvalue weighted by molar-refractivity contribution is -0.139. The number of halogens is 6. The lowest BCUT2D eigenvalue weighted by Crippen LogP contribution is -2.42. The fraction of sp³-hybridized carbons (Fsp3) is 0.195. The Labute approximate surface area is 301 Å². The zero-order chi connectivity index (χ0) is 38.7. The Balaban J connectivity index is 1.43. The van der Waals surface area contributed by atoms with E-state index < -0.39 is 47.3 Å². The highest BCUT2D eigenvalue weighted by atomic mass is 19.4. The third-order valence-electron chi connectivity index (χ3n) is 8.57. The molecule has 0 saturated carbocycles. The van der Waals surface area contributed by atoms with Crippen LogP contribution in [0.15, 0.2) is 115 Å². The van der Waals surface area contributed by atoms with Crippen LogP contribution in [-0.4, -0.2) is 28.9 Å². The van der Waals surface area contributed by atoms with Crippen molar-refractivity contribution < 1.29 is 45.8 Å². The van der Waals surface area contributed by atoms with Crippen LogP contribution in [0.4, 0.5) is 32.0 Å². The van der Waals surface area contributed by atoms with E-state index >= 15 is 0 Å². The van der Waals surface area contributed by atoms with E-state index in [-0.39, 0.29) is 39.8 Å². The van der Waals surface area contributed by atoms with Crippen molar-refractivity contribution in [3.05, 3.63) is 149 Å². The Morgan fingerprint density at radius 3 is 1.62 bits per heavy atom. The van der Waals surface area contributed by atoms with Gasteiger partial charge >= 0.3 is 18.3 Å². The Morgan fingerprint density at radius 2 is 1.11 bits per heavy atom. The summed E-state index contributed by atoms with van der Waals surface area (Å²) in [6, 6.07) is 24.7. The van der Waals surface area contributed by atoms with E-state index in [1.54, 1.807) is 24.3 Å². The summed E-state index contributed by atoms with van der Waals surface area (Å²) in [4.78, 5) is 39.5. The van der Waals surface area contributed by atoms with Crippen molar-refractivity contribution in [3.63, 3.8) is 0 Å². The number of aliphatic carboxylic acids is 1. The van der Waals surface area contributed by atoms with Gasteiger partial charge in [-0.05, 0) is 87.3 Å². The summed E-state index contributed by atoms with van der Waals surface area (Å²) >= 11 is 0. The summed E-state index contributed by atoms with van der Waals surface area (Å²) in [5.74, 6) is -2.91. The maximum absolute atomic E-state index is 13.8. The largest absolute Gasteiger partial charge is 0.480 e. The normalized spacial score (nSPS) is 12.5. The van der Waals surface area contributed by atoms with Crippen molar-refractivity contribution in [1.82, 2.24) is 5.32 Å². The van der Waals surface area contributed by atoms with Crippen LogP contribution >= 0.6 is 0 Å². The molecule has 3 N–H and O–H groups in total. The van der Waals surface area contributed by atoms with Crippen LogP contribution in [0.2, 0.25) is 0 Å². The fourth-order valence-corrected chi connectivity index (χ4v) is 5.59. The molecular weight excluding hydrogens is 698 g/mol. The standard InChI is InChI=1S/C41H34F6N2O4/c1-39(2,3)30-17-14-26(15-18-30)36(50)48-34-19-16-29(28-7-5-9-32(22-28)41(45,46)47)23-33(34)37(51)49-35(38(52)53)20-24-10-12-25(13-11-24)27-6-4-8-31(21-27)40(42,43)44/h4-19,21-23,35H,20H2,1-3H3,(H,48,50)(H,49,51)(H,52,53). The van der Waals surface area contributed by atoms with E-state index in [2.05, 4.69) is 10.6 Å². The number of hydrogen-bond acceptors (Lipinski definition) is 3. The van der Waals surface area contributed by atoms with Crippen molar-refractivity contribution in [2.24, 2.45) is 0 Å². The molecule has 0 heterocycles. The van der Waals surface area contributed by atoms with Crippen molar-refractivity contribution in [2.45, 2.75) is 51.0 Å². The number of carbonyl (C=O) groups excluding carboxylic acids is 2. The number of carboxylic acid groups (broad SMARTS) is 1. The topological polar surface area (TPSA) is 95.5 Å². The van der Waals surface area contributed by atoms with Gasteiger partial charge in [0.1, 0.15) is 6.04 Å². The van der Waals surface area contributed by atoms with Crippen LogP contribution < -0.4 is 10.6 Å². The molecule has 0 aliphatic carbocycles. The molecule has 5 aromatic carbocycles. The quantitative estimate of drug-likeness (QED) is 0.132. The third-order valence-corrected chi connectivity index (χ3v) is 8.57. The molecule has 6 nitrogen and oxygen atoms in total. The second kappa shape index (κ2) is 15.0. The molecule has 2 amide bonds. The maximum Gasteiger partial charge on any atom is 0.416 e. The average molecular weight is 733 g/mol. The van der Waals surface area contributed by atoms with Gasteiger partial charge in [0.05, 0.1) is 22.4 Å². The highest BCUT2D eigenvalue weighted by Gasteiger charge is 2.32. The monoisotopic (exact) mass is 732 g/mol. The van der Waals surface area contributed by atoms with Crippen molar-refractivity contribution in [3.8, 4) is 22.3 Å². The van der Waals surface area contributed by atoms with Crippen LogP contribution in [0, 0.1) is 0 Å². The Bertz CT molecular complexity index is 2130. The van der Waals surface area contributed by atoms with Gasteiger partial charge in [-0.1, -0.05) is 87.5 Å². The van der Waals surface area contributed by atoms with E-state index in [0.29, 0.717) is 16.7 Å². The molecule has 0 fully saturated rings. The molecule has 1 unspecified atom stereocenters.